The highest BCUT2D eigenvalue weighted by atomic mass is 16.5. The highest BCUT2D eigenvalue weighted by Crippen LogP contribution is 2.12. The maximum absolute atomic E-state index is 11.7. The lowest BCUT2D eigenvalue weighted by Gasteiger charge is -2.03. The number of anilines is 1. The fourth-order valence-electron chi connectivity index (χ4n) is 1.52. The maximum Gasteiger partial charge on any atom is 0.230 e. The smallest absolute Gasteiger partial charge is 0.230 e. The molecule has 0 aliphatic heterocycles. The monoisotopic (exact) mass is 246 g/mol. The van der Waals surface area contributed by atoms with Crippen LogP contribution in [0.4, 0.5) is 5.82 Å². The Morgan fingerprint density at radius 2 is 2.11 bits per heavy atom. The Hall–Kier alpha value is -2.37. The van der Waals surface area contributed by atoms with E-state index in [1.54, 1.807) is 20.4 Å². The van der Waals surface area contributed by atoms with Gasteiger partial charge in [-0.15, -0.1) is 5.10 Å². The molecular formula is C12H14N4O2. The van der Waals surface area contributed by atoms with Crippen LogP contribution in [0.1, 0.15) is 5.56 Å². The zero-order valence-corrected chi connectivity index (χ0v) is 10.3. The normalized spacial score (nSPS) is 10.1. The summed E-state index contributed by atoms with van der Waals surface area (Å²) in [6.07, 6.45) is 1.94. The molecule has 1 aromatic carbocycles. The summed E-state index contributed by atoms with van der Waals surface area (Å²) >= 11 is 0. The SMILES string of the molecule is COc1ccc(CC(=O)Nc2cn(C)nn2)cc1. The molecule has 0 radical (unpaired) electrons. The van der Waals surface area contributed by atoms with Crippen LogP contribution in [0.5, 0.6) is 5.75 Å². The first-order chi connectivity index (χ1) is 8.67. The summed E-state index contributed by atoms with van der Waals surface area (Å²) in [5.74, 6) is 1.10. The molecule has 1 amide bonds. The summed E-state index contributed by atoms with van der Waals surface area (Å²) in [7, 11) is 3.35. The molecule has 0 atom stereocenters. The van der Waals surface area contributed by atoms with E-state index in [4.69, 9.17) is 4.74 Å². The van der Waals surface area contributed by atoms with Crippen molar-refractivity contribution >= 4 is 11.7 Å². The van der Waals surface area contributed by atoms with Gasteiger partial charge in [0.2, 0.25) is 5.91 Å². The van der Waals surface area contributed by atoms with Crippen LogP contribution in [0.25, 0.3) is 0 Å². The summed E-state index contributed by atoms with van der Waals surface area (Å²) < 4.78 is 6.58. The number of hydrogen-bond donors (Lipinski definition) is 1. The first-order valence-corrected chi connectivity index (χ1v) is 5.46. The van der Waals surface area contributed by atoms with Crippen LogP contribution in [-0.4, -0.2) is 28.0 Å². The third kappa shape index (κ3) is 3.07. The summed E-state index contributed by atoms with van der Waals surface area (Å²) in [5.41, 5.74) is 0.914. The first kappa shape index (κ1) is 12.1. The quantitative estimate of drug-likeness (QED) is 0.874. The number of carbonyl (C=O) groups is 1. The molecular weight excluding hydrogens is 232 g/mol. The third-order valence-corrected chi connectivity index (χ3v) is 2.39. The number of aryl methyl sites for hydroxylation is 1. The van der Waals surface area contributed by atoms with Crippen molar-refractivity contribution in [1.82, 2.24) is 15.0 Å². The molecule has 6 heteroatoms. The fraction of sp³-hybridized carbons (Fsp3) is 0.250. The van der Waals surface area contributed by atoms with Crippen molar-refractivity contribution in [2.24, 2.45) is 7.05 Å². The van der Waals surface area contributed by atoms with Crippen molar-refractivity contribution in [2.45, 2.75) is 6.42 Å². The summed E-state index contributed by atoms with van der Waals surface area (Å²) in [4.78, 5) is 11.7. The van der Waals surface area contributed by atoms with Gasteiger partial charge >= 0.3 is 0 Å². The van der Waals surface area contributed by atoms with Crippen LogP contribution in [0.15, 0.2) is 30.5 Å². The molecule has 1 heterocycles. The lowest BCUT2D eigenvalue weighted by atomic mass is 10.1. The molecule has 1 N–H and O–H groups in total. The van der Waals surface area contributed by atoms with Crippen LogP contribution >= 0.6 is 0 Å². The highest BCUT2D eigenvalue weighted by Gasteiger charge is 2.06. The number of methoxy groups -OCH3 is 1. The largest absolute Gasteiger partial charge is 0.497 e. The van der Waals surface area contributed by atoms with Crippen LogP contribution in [0.2, 0.25) is 0 Å². The number of ether oxygens (including phenoxy) is 1. The average molecular weight is 246 g/mol. The van der Waals surface area contributed by atoms with Crippen molar-refractivity contribution in [2.75, 3.05) is 12.4 Å². The van der Waals surface area contributed by atoms with Gasteiger partial charge < -0.3 is 10.1 Å². The zero-order chi connectivity index (χ0) is 13.0. The molecule has 0 fully saturated rings. The predicted molar refractivity (Wildman–Crippen MR) is 66.3 cm³/mol. The second-order valence-corrected chi connectivity index (χ2v) is 3.85. The number of carbonyl (C=O) groups excluding carboxylic acids is 1. The Balaban J connectivity index is 1.94. The predicted octanol–water partition coefficient (Wildman–Crippen LogP) is 1.00. The second kappa shape index (κ2) is 5.31. The molecule has 6 nitrogen and oxygen atoms in total. The molecule has 0 saturated carbocycles. The van der Waals surface area contributed by atoms with E-state index in [9.17, 15) is 4.79 Å². The number of nitrogens with one attached hydrogen (secondary N) is 1. The highest BCUT2D eigenvalue weighted by molar-refractivity contribution is 5.91. The van der Waals surface area contributed by atoms with Gasteiger partial charge in [-0.2, -0.15) is 0 Å². The number of nitrogens with zero attached hydrogens (tertiary/aromatic N) is 3. The molecule has 2 aromatic rings. The Labute approximate surface area is 105 Å². The van der Waals surface area contributed by atoms with Crippen molar-refractivity contribution in [1.29, 1.82) is 0 Å². The zero-order valence-electron chi connectivity index (χ0n) is 10.3. The molecule has 0 saturated heterocycles. The van der Waals surface area contributed by atoms with Crippen molar-refractivity contribution in [3.63, 3.8) is 0 Å². The van der Waals surface area contributed by atoms with Gasteiger partial charge in [-0.1, -0.05) is 17.3 Å². The molecule has 0 bridgehead atoms. The van der Waals surface area contributed by atoms with E-state index in [0.717, 1.165) is 11.3 Å². The fourth-order valence-corrected chi connectivity index (χ4v) is 1.52. The molecule has 0 aliphatic rings. The summed E-state index contributed by atoms with van der Waals surface area (Å²) in [5, 5.41) is 10.2. The van der Waals surface area contributed by atoms with E-state index in [-0.39, 0.29) is 5.91 Å². The van der Waals surface area contributed by atoms with Gasteiger partial charge in [0.15, 0.2) is 5.82 Å². The number of benzene rings is 1. The maximum atomic E-state index is 11.7. The van der Waals surface area contributed by atoms with E-state index in [1.807, 2.05) is 24.3 Å². The van der Waals surface area contributed by atoms with Gasteiger partial charge in [0.1, 0.15) is 5.75 Å². The van der Waals surface area contributed by atoms with Gasteiger partial charge in [0.25, 0.3) is 0 Å². The Morgan fingerprint density at radius 3 is 2.67 bits per heavy atom. The van der Waals surface area contributed by atoms with Gasteiger partial charge in [-0.05, 0) is 17.7 Å². The Bertz CT molecular complexity index is 533. The van der Waals surface area contributed by atoms with Crippen LogP contribution in [0, 0.1) is 0 Å². The molecule has 0 spiro atoms. The third-order valence-electron chi connectivity index (χ3n) is 2.39. The van der Waals surface area contributed by atoms with Crippen LogP contribution < -0.4 is 10.1 Å². The van der Waals surface area contributed by atoms with Crippen molar-refractivity contribution in [3.05, 3.63) is 36.0 Å². The van der Waals surface area contributed by atoms with Crippen molar-refractivity contribution in [3.8, 4) is 5.75 Å². The summed E-state index contributed by atoms with van der Waals surface area (Å²) in [6.45, 7) is 0. The number of aromatic nitrogens is 3. The number of amides is 1. The molecule has 0 unspecified atom stereocenters. The lowest BCUT2D eigenvalue weighted by molar-refractivity contribution is -0.115. The van der Waals surface area contributed by atoms with E-state index >= 15 is 0 Å². The van der Waals surface area contributed by atoms with Crippen molar-refractivity contribution < 1.29 is 9.53 Å². The van der Waals surface area contributed by atoms with Gasteiger partial charge in [0, 0.05) is 7.05 Å². The molecule has 18 heavy (non-hydrogen) atoms. The Morgan fingerprint density at radius 1 is 1.39 bits per heavy atom. The van der Waals surface area contributed by atoms with E-state index in [2.05, 4.69) is 15.6 Å². The van der Waals surface area contributed by atoms with Crippen LogP contribution in [-0.2, 0) is 18.3 Å². The minimum Gasteiger partial charge on any atom is -0.497 e. The average Bonchev–Trinajstić information content (AvgIpc) is 2.75. The Kier molecular flexibility index (Phi) is 3.57. The lowest BCUT2D eigenvalue weighted by Crippen LogP contribution is -2.14. The molecule has 94 valence electrons. The topological polar surface area (TPSA) is 69.0 Å². The molecule has 1 aromatic heterocycles. The molecule has 2 rings (SSSR count). The first-order valence-electron chi connectivity index (χ1n) is 5.46. The van der Waals surface area contributed by atoms with Gasteiger partial charge in [-0.3, -0.25) is 9.48 Å². The number of rotatable bonds is 4. The standard InChI is InChI=1S/C12H14N4O2/c1-16-8-11(14-15-16)13-12(17)7-9-3-5-10(18-2)6-4-9/h3-6,8H,7H2,1-2H3,(H,13,17). The second-order valence-electron chi connectivity index (χ2n) is 3.85. The van der Waals surface area contributed by atoms with E-state index in [1.165, 1.54) is 4.68 Å². The minimum absolute atomic E-state index is 0.124. The van der Waals surface area contributed by atoms with E-state index < -0.39 is 0 Å². The van der Waals surface area contributed by atoms with E-state index in [0.29, 0.717) is 12.2 Å². The van der Waals surface area contributed by atoms with Gasteiger partial charge in [0.05, 0.1) is 19.7 Å². The minimum atomic E-state index is -0.124. The van der Waals surface area contributed by atoms with Gasteiger partial charge in [-0.25, -0.2) is 0 Å². The van der Waals surface area contributed by atoms with Crippen LogP contribution in [0.3, 0.4) is 0 Å². The number of hydrogen-bond acceptors (Lipinski definition) is 4. The molecule has 0 aliphatic carbocycles. The summed E-state index contributed by atoms with van der Waals surface area (Å²) in [6, 6.07) is 7.36.